The Balaban J connectivity index is 1.88. The number of halogens is 2. The van der Waals surface area contributed by atoms with E-state index in [1.54, 1.807) is 36.4 Å². The average Bonchev–Trinajstić information content (AvgIpc) is 3.11. The lowest BCUT2D eigenvalue weighted by Gasteiger charge is -2.04. The van der Waals surface area contributed by atoms with Crippen LogP contribution in [0.4, 0.5) is 4.39 Å². The normalized spacial score (nSPS) is 10.5. The Morgan fingerprint density at radius 1 is 1.04 bits per heavy atom. The molecule has 6 heteroatoms. The maximum Gasteiger partial charge on any atom is 0.339 e. The maximum atomic E-state index is 13.0. The van der Waals surface area contributed by atoms with Gasteiger partial charge in [0.15, 0.2) is 0 Å². The molecule has 0 radical (unpaired) electrons. The Morgan fingerprint density at radius 2 is 1.76 bits per heavy atom. The summed E-state index contributed by atoms with van der Waals surface area (Å²) in [6.45, 7) is 0. The molecule has 0 saturated heterocycles. The molecule has 2 aromatic carbocycles. The number of ketones is 1. The Labute approximate surface area is 156 Å². The molecular formula is C19H12BrFO3S. The zero-order valence-electron chi connectivity index (χ0n) is 13.1. The fraction of sp³-hybridized carbons (Fsp3) is 0.0526. The molecule has 0 aliphatic carbocycles. The first-order valence-corrected chi connectivity index (χ1v) is 8.89. The third kappa shape index (κ3) is 3.70. The van der Waals surface area contributed by atoms with E-state index in [0.717, 1.165) is 10.4 Å². The van der Waals surface area contributed by atoms with Crippen molar-refractivity contribution in [3.8, 4) is 10.4 Å². The highest BCUT2D eigenvalue weighted by Crippen LogP contribution is 2.30. The molecule has 0 spiro atoms. The molecule has 1 heterocycles. The number of thiophene rings is 1. The van der Waals surface area contributed by atoms with Crippen LogP contribution < -0.4 is 0 Å². The first-order valence-electron chi connectivity index (χ1n) is 7.28. The van der Waals surface area contributed by atoms with E-state index in [2.05, 4.69) is 20.7 Å². The van der Waals surface area contributed by atoms with Gasteiger partial charge in [0.25, 0.3) is 0 Å². The Bertz CT molecular complexity index is 948. The van der Waals surface area contributed by atoms with Gasteiger partial charge in [0.05, 0.1) is 17.6 Å². The van der Waals surface area contributed by atoms with Crippen LogP contribution in [-0.4, -0.2) is 18.9 Å². The largest absolute Gasteiger partial charge is 0.465 e. The van der Waals surface area contributed by atoms with Crippen molar-refractivity contribution in [3.05, 3.63) is 80.9 Å². The van der Waals surface area contributed by atoms with E-state index in [0.29, 0.717) is 20.5 Å². The van der Waals surface area contributed by atoms with E-state index in [-0.39, 0.29) is 11.6 Å². The lowest BCUT2D eigenvalue weighted by Crippen LogP contribution is -2.05. The predicted molar refractivity (Wildman–Crippen MR) is 98.6 cm³/mol. The van der Waals surface area contributed by atoms with Crippen LogP contribution in [-0.2, 0) is 4.74 Å². The van der Waals surface area contributed by atoms with Gasteiger partial charge in [-0.2, -0.15) is 0 Å². The molecule has 0 N–H and O–H groups in total. The van der Waals surface area contributed by atoms with E-state index in [1.807, 2.05) is 6.07 Å². The van der Waals surface area contributed by atoms with Crippen molar-refractivity contribution in [2.75, 3.05) is 7.11 Å². The van der Waals surface area contributed by atoms with Gasteiger partial charge in [0.1, 0.15) is 5.82 Å². The number of ether oxygens (including phenoxy) is 1. The van der Waals surface area contributed by atoms with Gasteiger partial charge in [-0.25, -0.2) is 9.18 Å². The summed E-state index contributed by atoms with van der Waals surface area (Å²) in [6, 6.07) is 14.5. The van der Waals surface area contributed by atoms with Crippen molar-refractivity contribution in [1.82, 2.24) is 0 Å². The lowest BCUT2D eigenvalue weighted by molar-refractivity contribution is 0.0599. The molecule has 0 atom stereocenters. The van der Waals surface area contributed by atoms with Crippen LogP contribution in [0.1, 0.15) is 25.6 Å². The summed E-state index contributed by atoms with van der Waals surface area (Å²) in [4.78, 5) is 25.7. The molecule has 0 unspecified atom stereocenters. The Kier molecular flexibility index (Phi) is 5.11. The van der Waals surface area contributed by atoms with E-state index in [1.165, 1.54) is 30.6 Å². The number of hydrogen-bond donors (Lipinski definition) is 0. The van der Waals surface area contributed by atoms with Gasteiger partial charge in [-0.3, -0.25) is 4.79 Å². The van der Waals surface area contributed by atoms with Gasteiger partial charge in [0.2, 0.25) is 5.78 Å². The third-order valence-corrected chi connectivity index (χ3v) is 5.38. The molecule has 3 aromatic rings. The van der Waals surface area contributed by atoms with Crippen LogP contribution in [0.25, 0.3) is 10.4 Å². The minimum Gasteiger partial charge on any atom is -0.465 e. The van der Waals surface area contributed by atoms with Gasteiger partial charge < -0.3 is 4.74 Å². The predicted octanol–water partition coefficient (Wildman–Crippen LogP) is 5.33. The van der Waals surface area contributed by atoms with E-state index >= 15 is 0 Å². The molecule has 3 rings (SSSR count). The first-order chi connectivity index (χ1) is 12.0. The van der Waals surface area contributed by atoms with Crippen molar-refractivity contribution in [2.24, 2.45) is 0 Å². The summed E-state index contributed by atoms with van der Waals surface area (Å²) >= 11 is 4.63. The monoisotopic (exact) mass is 418 g/mol. The number of carbonyl (C=O) groups excluding carboxylic acids is 2. The SMILES string of the molecule is COC(=O)c1ccc(C(=O)c2ccc(-c3ccc(F)cc3)s2)cc1Br. The Hall–Kier alpha value is -2.31. The highest BCUT2D eigenvalue weighted by molar-refractivity contribution is 9.10. The number of methoxy groups -OCH3 is 1. The van der Waals surface area contributed by atoms with E-state index in [4.69, 9.17) is 0 Å². The summed E-state index contributed by atoms with van der Waals surface area (Å²) in [7, 11) is 1.30. The van der Waals surface area contributed by atoms with Crippen LogP contribution >= 0.6 is 27.3 Å². The Morgan fingerprint density at radius 3 is 2.40 bits per heavy atom. The number of hydrogen-bond acceptors (Lipinski definition) is 4. The molecule has 126 valence electrons. The van der Waals surface area contributed by atoms with Gasteiger partial charge in [-0.1, -0.05) is 18.2 Å². The third-order valence-electron chi connectivity index (χ3n) is 3.60. The molecule has 0 aliphatic heterocycles. The minimum absolute atomic E-state index is 0.143. The van der Waals surface area contributed by atoms with Crippen LogP contribution in [0, 0.1) is 5.82 Å². The maximum absolute atomic E-state index is 13.0. The fourth-order valence-corrected chi connectivity index (χ4v) is 3.82. The molecule has 1 aromatic heterocycles. The number of rotatable bonds is 4. The fourth-order valence-electron chi connectivity index (χ4n) is 2.30. The molecule has 0 amide bonds. The zero-order valence-corrected chi connectivity index (χ0v) is 15.5. The van der Waals surface area contributed by atoms with E-state index < -0.39 is 5.97 Å². The minimum atomic E-state index is -0.472. The lowest BCUT2D eigenvalue weighted by atomic mass is 10.1. The molecule has 0 aliphatic rings. The van der Waals surface area contributed by atoms with Crippen molar-refractivity contribution in [2.45, 2.75) is 0 Å². The van der Waals surface area contributed by atoms with Crippen LogP contribution in [0.5, 0.6) is 0 Å². The second-order valence-corrected chi connectivity index (χ2v) is 7.12. The molecule has 25 heavy (non-hydrogen) atoms. The van der Waals surface area contributed by atoms with Crippen LogP contribution in [0.2, 0.25) is 0 Å². The average molecular weight is 419 g/mol. The molecule has 0 saturated carbocycles. The van der Waals surface area contributed by atoms with E-state index in [9.17, 15) is 14.0 Å². The quantitative estimate of drug-likeness (QED) is 0.424. The molecule has 3 nitrogen and oxygen atoms in total. The number of benzene rings is 2. The molecule has 0 fully saturated rings. The van der Waals surface area contributed by atoms with Crippen molar-refractivity contribution < 1.29 is 18.7 Å². The zero-order chi connectivity index (χ0) is 18.0. The van der Waals surface area contributed by atoms with Gasteiger partial charge in [-0.15, -0.1) is 11.3 Å². The highest BCUT2D eigenvalue weighted by Gasteiger charge is 2.16. The smallest absolute Gasteiger partial charge is 0.339 e. The second kappa shape index (κ2) is 7.29. The summed E-state index contributed by atoms with van der Waals surface area (Å²) in [5.74, 6) is -0.914. The van der Waals surface area contributed by atoms with Crippen molar-refractivity contribution in [1.29, 1.82) is 0 Å². The molecular weight excluding hydrogens is 407 g/mol. The second-order valence-electron chi connectivity index (χ2n) is 5.19. The van der Waals surface area contributed by atoms with Gasteiger partial charge in [0, 0.05) is 14.9 Å². The van der Waals surface area contributed by atoms with Crippen LogP contribution in [0.3, 0.4) is 0 Å². The molecule has 0 bridgehead atoms. The standard InChI is InChI=1S/C19H12BrFO3S/c1-24-19(23)14-7-4-12(10-15(14)20)18(22)17-9-8-16(25-17)11-2-5-13(21)6-3-11/h2-10H,1H3. The summed E-state index contributed by atoms with van der Waals surface area (Å²) in [5, 5.41) is 0. The highest BCUT2D eigenvalue weighted by atomic mass is 79.9. The van der Waals surface area contributed by atoms with Crippen LogP contribution in [0.15, 0.2) is 59.1 Å². The topological polar surface area (TPSA) is 43.4 Å². The van der Waals surface area contributed by atoms with Gasteiger partial charge >= 0.3 is 5.97 Å². The van der Waals surface area contributed by atoms with Gasteiger partial charge in [-0.05, 0) is 57.9 Å². The number of esters is 1. The summed E-state index contributed by atoms with van der Waals surface area (Å²) in [5.41, 5.74) is 1.68. The number of carbonyl (C=O) groups is 2. The first kappa shape index (κ1) is 17.5. The summed E-state index contributed by atoms with van der Waals surface area (Å²) < 4.78 is 18.2. The summed E-state index contributed by atoms with van der Waals surface area (Å²) in [6.07, 6.45) is 0. The van der Waals surface area contributed by atoms with Crippen molar-refractivity contribution in [3.63, 3.8) is 0 Å². The van der Waals surface area contributed by atoms with Crippen molar-refractivity contribution >= 4 is 39.0 Å².